The molecule has 142 valence electrons. The van der Waals surface area contributed by atoms with Crippen molar-refractivity contribution in [1.82, 2.24) is 4.72 Å². The van der Waals surface area contributed by atoms with Crippen LogP contribution in [-0.4, -0.2) is 31.8 Å². The maximum Gasteiger partial charge on any atom is 0.269 e. The lowest BCUT2D eigenvalue weighted by Gasteiger charge is -2.09. The number of nitrogens with one attached hydrogen (secondary N) is 2. The van der Waals surface area contributed by atoms with E-state index in [1.807, 2.05) is 4.72 Å². The van der Waals surface area contributed by atoms with Crippen molar-refractivity contribution in [2.45, 2.75) is 11.8 Å². The Bertz CT molecular complexity index is 955. The van der Waals surface area contributed by atoms with E-state index < -0.39 is 26.8 Å². The third kappa shape index (κ3) is 5.78. The molecular formula is C16H15N3O7S. The molecule has 0 aliphatic heterocycles. The van der Waals surface area contributed by atoms with E-state index in [1.165, 1.54) is 48.5 Å². The number of hydrogen-bond acceptors (Lipinski definition) is 7. The highest BCUT2D eigenvalue weighted by molar-refractivity contribution is 7.90. The molecule has 0 radical (unpaired) electrons. The number of ether oxygens (including phenoxy) is 1. The molecule has 2 aromatic carbocycles. The Balaban J connectivity index is 1.92. The first-order valence-electron chi connectivity index (χ1n) is 7.48. The highest BCUT2D eigenvalue weighted by atomic mass is 32.2. The number of rotatable bonds is 7. The Labute approximate surface area is 154 Å². The molecule has 0 saturated heterocycles. The standard InChI is InChI=1S/C16H15N3O7S/c1-11(20)18-27(24,25)15-8-2-12(3-9-15)17-16(21)10-26-14-6-4-13(5-7-14)19(22)23/h2-9H,10H2,1H3,(H,17,21)(H,18,20). The van der Waals surface area contributed by atoms with Crippen LogP contribution >= 0.6 is 0 Å². The number of nitro groups is 1. The number of benzene rings is 2. The zero-order valence-corrected chi connectivity index (χ0v) is 14.9. The van der Waals surface area contributed by atoms with Gasteiger partial charge in [0.2, 0.25) is 5.91 Å². The monoisotopic (exact) mass is 393 g/mol. The molecule has 2 aromatic rings. The van der Waals surface area contributed by atoms with Crippen LogP contribution in [0, 0.1) is 10.1 Å². The summed E-state index contributed by atoms with van der Waals surface area (Å²) in [5.41, 5.74) is 0.232. The number of hydrogen-bond donors (Lipinski definition) is 2. The molecule has 0 fully saturated rings. The molecule has 0 atom stereocenters. The van der Waals surface area contributed by atoms with Crippen molar-refractivity contribution in [3.05, 3.63) is 58.6 Å². The van der Waals surface area contributed by atoms with Gasteiger partial charge in [-0.25, -0.2) is 13.1 Å². The molecule has 0 bridgehead atoms. The number of non-ortho nitro benzene ring substituents is 1. The van der Waals surface area contributed by atoms with Gasteiger partial charge in [-0.2, -0.15) is 0 Å². The topological polar surface area (TPSA) is 145 Å². The lowest BCUT2D eigenvalue weighted by molar-refractivity contribution is -0.384. The Morgan fingerprint density at radius 3 is 2.19 bits per heavy atom. The number of sulfonamides is 1. The zero-order chi connectivity index (χ0) is 20.0. The number of carbonyl (C=O) groups is 2. The van der Waals surface area contributed by atoms with Gasteiger partial charge in [0.15, 0.2) is 6.61 Å². The summed E-state index contributed by atoms with van der Waals surface area (Å²) >= 11 is 0. The third-order valence-electron chi connectivity index (χ3n) is 3.14. The molecule has 10 nitrogen and oxygen atoms in total. The van der Waals surface area contributed by atoms with E-state index in [0.717, 1.165) is 6.92 Å². The number of nitrogens with zero attached hydrogens (tertiary/aromatic N) is 1. The molecule has 11 heteroatoms. The average molecular weight is 393 g/mol. The minimum Gasteiger partial charge on any atom is -0.484 e. The van der Waals surface area contributed by atoms with Gasteiger partial charge in [0.05, 0.1) is 9.82 Å². The lowest BCUT2D eigenvalue weighted by atomic mass is 10.3. The fourth-order valence-electron chi connectivity index (χ4n) is 1.98. The first kappa shape index (κ1) is 19.8. The second-order valence-corrected chi connectivity index (χ2v) is 6.96. The highest BCUT2D eigenvalue weighted by Gasteiger charge is 2.15. The summed E-state index contributed by atoms with van der Waals surface area (Å²) in [5, 5.41) is 13.1. The summed E-state index contributed by atoms with van der Waals surface area (Å²) in [7, 11) is -3.95. The predicted molar refractivity (Wildman–Crippen MR) is 94.7 cm³/mol. The normalized spacial score (nSPS) is 10.7. The quantitative estimate of drug-likeness (QED) is 0.535. The summed E-state index contributed by atoms with van der Waals surface area (Å²) in [6.07, 6.45) is 0. The summed E-state index contributed by atoms with van der Waals surface area (Å²) in [4.78, 5) is 32.6. The van der Waals surface area contributed by atoms with Gasteiger partial charge in [0.25, 0.3) is 21.6 Å². The van der Waals surface area contributed by atoms with Gasteiger partial charge < -0.3 is 10.1 Å². The van der Waals surface area contributed by atoms with Crippen LogP contribution in [0.15, 0.2) is 53.4 Å². The molecule has 0 spiro atoms. The van der Waals surface area contributed by atoms with Crippen molar-refractivity contribution in [2.24, 2.45) is 0 Å². The molecule has 0 aliphatic rings. The minimum atomic E-state index is -3.95. The number of nitro benzene ring substituents is 1. The lowest BCUT2D eigenvalue weighted by Crippen LogP contribution is -2.28. The van der Waals surface area contributed by atoms with E-state index in [0.29, 0.717) is 5.69 Å². The molecule has 27 heavy (non-hydrogen) atoms. The Morgan fingerprint density at radius 2 is 1.67 bits per heavy atom. The first-order chi connectivity index (χ1) is 12.7. The minimum absolute atomic E-state index is 0.0962. The number of anilines is 1. The van der Waals surface area contributed by atoms with Gasteiger partial charge in [0, 0.05) is 24.7 Å². The predicted octanol–water partition coefficient (Wildman–Crippen LogP) is 1.44. The van der Waals surface area contributed by atoms with Crippen LogP contribution in [0.2, 0.25) is 0 Å². The van der Waals surface area contributed by atoms with Crippen LogP contribution in [0.4, 0.5) is 11.4 Å². The van der Waals surface area contributed by atoms with Crippen LogP contribution in [-0.2, 0) is 19.6 Å². The molecule has 2 N–H and O–H groups in total. The second-order valence-electron chi connectivity index (χ2n) is 5.27. The van der Waals surface area contributed by atoms with Crippen LogP contribution in [0.5, 0.6) is 5.75 Å². The smallest absolute Gasteiger partial charge is 0.269 e. The van der Waals surface area contributed by atoms with Crippen LogP contribution in [0.25, 0.3) is 0 Å². The van der Waals surface area contributed by atoms with Gasteiger partial charge in [-0.3, -0.25) is 19.7 Å². The van der Waals surface area contributed by atoms with Crippen LogP contribution in [0.3, 0.4) is 0 Å². The van der Waals surface area contributed by atoms with E-state index in [2.05, 4.69) is 5.32 Å². The Morgan fingerprint density at radius 1 is 1.07 bits per heavy atom. The summed E-state index contributed by atoms with van der Waals surface area (Å²) < 4.78 is 30.7. The van der Waals surface area contributed by atoms with Gasteiger partial charge in [0.1, 0.15) is 5.75 Å². The average Bonchev–Trinajstić information content (AvgIpc) is 2.59. The van der Waals surface area contributed by atoms with Gasteiger partial charge in [-0.15, -0.1) is 0 Å². The first-order valence-corrected chi connectivity index (χ1v) is 8.96. The van der Waals surface area contributed by atoms with E-state index in [-0.39, 0.29) is 22.9 Å². The molecular weight excluding hydrogens is 378 g/mol. The van der Waals surface area contributed by atoms with Crippen molar-refractivity contribution in [2.75, 3.05) is 11.9 Å². The molecule has 0 saturated carbocycles. The third-order valence-corrected chi connectivity index (χ3v) is 4.59. The summed E-state index contributed by atoms with van der Waals surface area (Å²) in [5.74, 6) is -0.936. The van der Waals surface area contributed by atoms with E-state index in [1.54, 1.807) is 0 Å². The maximum atomic E-state index is 11.9. The molecule has 0 unspecified atom stereocenters. The van der Waals surface area contributed by atoms with Crippen molar-refractivity contribution in [1.29, 1.82) is 0 Å². The van der Waals surface area contributed by atoms with Crippen molar-refractivity contribution >= 4 is 33.2 Å². The fourth-order valence-corrected chi connectivity index (χ4v) is 2.97. The van der Waals surface area contributed by atoms with Crippen molar-refractivity contribution in [3.63, 3.8) is 0 Å². The van der Waals surface area contributed by atoms with Crippen LogP contribution in [0.1, 0.15) is 6.92 Å². The van der Waals surface area contributed by atoms with Crippen LogP contribution < -0.4 is 14.8 Å². The number of amides is 2. The summed E-state index contributed by atoms with van der Waals surface area (Å²) in [6, 6.07) is 10.4. The molecule has 0 aliphatic carbocycles. The fraction of sp³-hybridized carbons (Fsp3) is 0.125. The second kappa shape index (κ2) is 8.27. The SMILES string of the molecule is CC(=O)NS(=O)(=O)c1ccc(NC(=O)COc2ccc([N+](=O)[O-])cc2)cc1. The van der Waals surface area contributed by atoms with Crippen molar-refractivity contribution < 1.29 is 27.7 Å². The Hall–Kier alpha value is -3.47. The van der Waals surface area contributed by atoms with E-state index in [4.69, 9.17) is 4.74 Å². The van der Waals surface area contributed by atoms with Gasteiger partial charge in [-0.05, 0) is 36.4 Å². The molecule has 2 rings (SSSR count). The molecule has 2 amide bonds. The van der Waals surface area contributed by atoms with E-state index >= 15 is 0 Å². The largest absolute Gasteiger partial charge is 0.484 e. The highest BCUT2D eigenvalue weighted by Crippen LogP contribution is 2.17. The van der Waals surface area contributed by atoms with Crippen molar-refractivity contribution in [3.8, 4) is 5.75 Å². The van der Waals surface area contributed by atoms with Gasteiger partial charge in [-0.1, -0.05) is 0 Å². The Kier molecular flexibility index (Phi) is 6.08. The van der Waals surface area contributed by atoms with E-state index in [9.17, 15) is 28.1 Å². The summed E-state index contributed by atoms with van der Waals surface area (Å²) in [6.45, 7) is 0.737. The van der Waals surface area contributed by atoms with Gasteiger partial charge >= 0.3 is 0 Å². The molecule has 0 heterocycles. The molecule has 0 aromatic heterocycles. The number of carbonyl (C=O) groups excluding carboxylic acids is 2. The zero-order valence-electron chi connectivity index (χ0n) is 14.0. The maximum absolute atomic E-state index is 11.9.